The highest BCUT2D eigenvalue weighted by Crippen LogP contribution is 1.66. The minimum absolute atomic E-state index is 0.0521. The van der Waals surface area contributed by atoms with Crippen LogP contribution in [0.5, 0.6) is 0 Å². The van der Waals surface area contributed by atoms with Crippen molar-refractivity contribution in [2.45, 2.75) is 0 Å². The summed E-state index contributed by atoms with van der Waals surface area (Å²) in [5, 5.41) is 9.22. The van der Waals surface area contributed by atoms with E-state index in [0.717, 1.165) is 6.08 Å². The number of hydrogen-bond acceptors (Lipinski definition) is 2. The Morgan fingerprint density at radius 2 is 2.50 bits per heavy atom. The summed E-state index contributed by atoms with van der Waals surface area (Å²) in [6.45, 7) is 0.0521. The molecule has 0 saturated heterocycles. The molecule has 36 valence electrons. The fraction of sp³-hybridized carbons (Fsp3) is 0.333. The highest BCUT2D eigenvalue weighted by Gasteiger charge is 1.58. The topological polar surface area (TPSA) is 35.1 Å². The highest BCUT2D eigenvalue weighted by molar-refractivity contribution is 4.74. The average molecular weight is 90.1 g/mol. The molecule has 0 aliphatic carbocycles. The molecule has 1 N–H and O–H groups in total. The van der Waals surface area contributed by atoms with Crippen molar-refractivity contribution in [2.75, 3.05) is 6.54 Å². The van der Waals surface area contributed by atoms with Gasteiger partial charge in [-0.05, 0) is 6.08 Å². The first-order chi connectivity index (χ1) is 2.91. The maximum atomic E-state index is 10.8. The van der Waals surface area contributed by atoms with Crippen LogP contribution in [0.15, 0.2) is 12.4 Å². The average Bonchev–Trinajstić information content (AvgIpc) is 1.61. The molecule has 6 heavy (non-hydrogen) atoms. The van der Waals surface area contributed by atoms with E-state index < -0.39 is 0 Å². The number of hydrogen-bond donors (Lipinski definition) is 1. The third kappa shape index (κ3) is 3.59. The maximum absolute atomic E-state index is 10.8. The van der Waals surface area contributed by atoms with Crippen molar-refractivity contribution in [1.82, 2.24) is 5.48 Å². The van der Waals surface area contributed by atoms with Gasteiger partial charge >= 0.3 is 0 Å². The quantitative estimate of drug-likeness (QED) is 0.503. The van der Waals surface area contributed by atoms with Crippen molar-refractivity contribution in [3.8, 4) is 0 Å². The molecule has 0 radical (unpaired) electrons. The molecule has 0 fully saturated rings. The molecule has 0 spiro atoms. The van der Waals surface area contributed by atoms with E-state index in [2.05, 4.69) is 0 Å². The van der Waals surface area contributed by atoms with Crippen molar-refractivity contribution in [2.24, 2.45) is 0 Å². The Hall–Kier alpha value is -0.410. The normalized spacial score (nSPS) is 10.3. The zero-order valence-corrected chi connectivity index (χ0v) is 3.15. The lowest BCUT2D eigenvalue weighted by atomic mass is 10.7. The van der Waals surface area contributed by atoms with E-state index in [0.29, 0.717) is 6.33 Å². The monoisotopic (exact) mass is 90.0 g/mol. The van der Waals surface area contributed by atoms with Crippen LogP contribution < -0.4 is 5.48 Å². The first-order valence-corrected chi connectivity index (χ1v) is 1.52. The van der Waals surface area contributed by atoms with Gasteiger partial charge in [0.25, 0.3) is 0 Å². The summed E-state index contributed by atoms with van der Waals surface area (Å²) in [4.78, 5) is 0. The van der Waals surface area contributed by atoms with Crippen LogP contribution >= 0.6 is 0 Å². The van der Waals surface area contributed by atoms with Gasteiger partial charge in [0.2, 0.25) is 0 Å². The SMILES string of the molecule is [O-]NCC=CF. The second-order valence-electron chi connectivity index (χ2n) is 0.710. The van der Waals surface area contributed by atoms with Crippen molar-refractivity contribution in [1.29, 1.82) is 0 Å². The lowest BCUT2D eigenvalue weighted by Crippen LogP contribution is -2.00. The van der Waals surface area contributed by atoms with Gasteiger partial charge in [-0.3, -0.25) is 0 Å². The Balaban J connectivity index is 2.66. The smallest absolute Gasteiger partial charge is 0.0839 e. The number of hydroxylamine groups is 1. The molecule has 0 saturated carbocycles. The standard InChI is InChI=1S/C3H5FNO/c4-2-1-3-5-6/h1-2,5H,3H2/q-1. The predicted molar refractivity (Wildman–Crippen MR) is 21.6 cm³/mol. The molecule has 0 bridgehead atoms. The van der Waals surface area contributed by atoms with Crippen molar-refractivity contribution < 1.29 is 4.39 Å². The molecule has 2 nitrogen and oxygen atoms in total. The van der Waals surface area contributed by atoms with Crippen molar-refractivity contribution in [3.05, 3.63) is 17.6 Å². The van der Waals surface area contributed by atoms with E-state index in [9.17, 15) is 9.60 Å². The number of nitrogens with one attached hydrogen (secondary N) is 1. The zero-order valence-electron chi connectivity index (χ0n) is 3.15. The van der Waals surface area contributed by atoms with Gasteiger partial charge < -0.3 is 10.7 Å². The van der Waals surface area contributed by atoms with Gasteiger partial charge in [-0.2, -0.15) is 0 Å². The first kappa shape index (κ1) is 5.59. The molecule has 0 aliphatic heterocycles. The largest absolute Gasteiger partial charge is 0.788 e. The van der Waals surface area contributed by atoms with E-state index in [1.807, 2.05) is 0 Å². The summed E-state index contributed by atoms with van der Waals surface area (Å²) in [6.07, 6.45) is 1.41. The van der Waals surface area contributed by atoms with Gasteiger partial charge in [0.05, 0.1) is 6.33 Å². The summed E-state index contributed by atoms with van der Waals surface area (Å²) in [5.74, 6) is 0. The van der Waals surface area contributed by atoms with Gasteiger partial charge in [-0.15, -0.1) is 0 Å². The lowest BCUT2D eigenvalue weighted by Gasteiger charge is -1.98. The van der Waals surface area contributed by atoms with Crippen molar-refractivity contribution in [3.63, 3.8) is 0 Å². The van der Waals surface area contributed by atoms with E-state index in [-0.39, 0.29) is 6.54 Å². The van der Waals surface area contributed by atoms with Gasteiger partial charge in [0.15, 0.2) is 0 Å². The maximum Gasteiger partial charge on any atom is 0.0839 e. The molecule has 3 heteroatoms. The second-order valence-corrected chi connectivity index (χ2v) is 0.710. The zero-order chi connectivity index (χ0) is 4.83. The molecule has 0 aromatic carbocycles. The van der Waals surface area contributed by atoms with E-state index >= 15 is 0 Å². The third-order valence-electron chi connectivity index (χ3n) is 0.290. The van der Waals surface area contributed by atoms with Crippen LogP contribution in [0.1, 0.15) is 0 Å². The summed E-state index contributed by atoms with van der Waals surface area (Å²) in [6, 6.07) is 0. The van der Waals surface area contributed by atoms with Crippen LogP contribution in [0.2, 0.25) is 0 Å². The summed E-state index contributed by atoms with van der Waals surface area (Å²) >= 11 is 0. The minimum atomic E-state index is 0.0521. The molecule has 0 aromatic heterocycles. The highest BCUT2D eigenvalue weighted by atomic mass is 19.1. The fourth-order valence-electron chi connectivity index (χ4n) is 0.0927. The first-order valence-electron chi connectivity index (χ1n) is 1.52. The molecule has 0 amide bonds. The van der Waals surface area contributed by atoms with Crippen molar-refractivity contribution >= 4 is 0 Å². The minimum Gasteiger partial charge on any atom is -0.788 e. The van der Waals surface area contributed by atoms with Crippen LogP contribution in [0, 0.1) is 5.21 Å². The molecule has 0 unspecified atom stereocenters. The van der Waals surface area contributed by atoms with Crippen LogP contribution in [0.25, 0.3) is 0 Å². The molecule has 0 aliphatic rings. The summed E-state index contributed by atoms with van der Waals surface area (Å²) in [7, 11) is 0. The Kier molecular flexibility index (Phi) is 4.28. The Morgan fingerprint density at radius 1 is 1.83 bits per heavy atom. The molecule has 0 heterocycles. The molecular weight excluding hydrogens is 85.0 g/mol. The summed E-state index contributed by atoms with van der Waals surface area (Å²) in [5.41, 5.74) is 1.49. The van der Waals surface area contributed by atoms with Crippen LogP contribution in [0.3, 0.4) is 0 Å². The summed E-state index contributed by atoms with van der Waals surface area (Å²) < 4.78 is 10.8. The lowest BCUT2D eigenvalue weighted by molar-refractivity contribution is 0.714. The van der Waals surface area contributed by atoms with Crippen LogP contribution in [0.4, 0.5) is 4.39 Å². The Labute approximate surface area is 35.2 Å². The Morgan fingerprint density at radius 3 is 2.67 bits per heavy atom. The number of halogens is 1. The number of rotatable bonds is 2. The molecular formula is C3H5FNO-. The van der Waals surface area contributed by atoms with Gasteiger partial charge in [0, 0.05) is 6.54 Å². The second kappa shape index (κ2) is 4.59. The van der Waals surface area contributed by atoms with Gasteiger partial charge in [-0.25, -0.2) is 4.39 Å². The van der Waals surface area contributed by atoms with Gasteiger partial charge in [0.1, 0.15) is 0 Å². The van der Waals surface area contributed by atoms with E-state index in [1.54, 1.807) is 0 Å². The molecule has 0 aromatic rings. The molecule has 0 atom stereocenters. The van der Waals surface area contributed by atoms with Crippen LogP contribution in [-0.2, 0) is 0 Å². The van der Waals surface area contributed by atoms with E-state index in [1.165, 1.54) is 5.48 Å². The van der Waals surface area contributed by atoms with Gasteiger partial charge in [-0.1, -0.05) is 0 Å². The van der Waals surface area contributed by atoms with E-state index in [4.69, 9.17) is 0 Å². The van der Waals surface area contributed by atoms with Crippen LogP contribution in [-0.4, -0.2) is 6.54 Å². The third-order valence-corrected chi connectivity index (χ3v) is 0.290. The predicted octanol–water partition coefficient (Wildman–Crippen LogP) is 0.557. The Bertz CT molecular complexity index is 46.1. The fourth-order valence-corrected chi connectivity index (χ4v) is 0.0927. The molecule has 0 rings (SSSR count).